The zero-order valence-corrected chi connectivity index (χ0v) is 12.4. The van der Waals surface area contributed by atoms with E-state index in [1.807, 2.05) is 0 Å². The van der Waals surface area contributed by atoms with Crippen LogP contribution in [0.4, 0.5) is 14.9 Å². The van der Waals surface area contributed by atoms with Crippen LogP contribution in [0.2, 0.25) is 0 Å². The van der Waals surface area contributed by atoms with Crippen LogP contribution in [0.3, 0.4) is 0 Å². The van der Waals surface area contributed by atoms with Gasteiger partial charge in [-0.15, -0.1) is 0 Å². The predicted molar refractivity (Wildman–Crippen MR) is 74.6 cm³/mol. The lowest BCUT2D eigenvalue weighted by Crippen LogP contribution is -2.28. The van der Waals surface area contributed by atoms with Crippen molar-refractivity contribution in [1.82, 2.24) is 0 Å². The number of hydrogen-bond donors (Lipinski definition) is 2. The highest BCUT2D eigenvalue weighted by atomic mass is 19.1. The monoisotopic (exact) mass is 284 g/mol. The van der Waals surface area contributed by atoms with E-state index in [2.05, 4.69) is 5.32 Å². The molecule has 0 atom stereocenters. The third kappa shape index (κ3) is 4.47. The van der Waals surface area contributed by atoms with Crippen LogP contribution in [-0.2, 0) is 15.2 Å². The molecule has 0 aliphatic rings. The molecule has 5 nitrogen and oxygen atoms in total. The molecule has 0 fully saturated rings. The van der Waals surface area contributed by atoms with Gasteiger partial charge in [0.2, 0.25) is 0 Å². The van der Waals surface area contributed by atoms with Crippen LogP contribution in [0.25, 0.3) is 0 Å². The lowest BCUT2D eigenvalue weighted by Gasteiger charge is -2.23. The molecule has 0 heterocycles. The molecule has 0 unspecified atom stereocenters. The second-order valence-electron chi connectivity index (χ2n) is 5.95. The van der Waals surface area contributed by atoms with Crippen molar-refractivity contribution in [2.75, 3.05) is 5.32 Å². The topological polar surface area (TPSA) is 73.6 Å². The van der Waals surface area contributed by atoms with Gasteiger partial charge in [-0.05, 0) is 46.8 Å². The molecule has 0 spiro atoms. The summed E-state index contributed by atoms with van der Waals surface area (Å²) >= 11 is 0. The van der Waals surface area contributed by atoms with Crippen molar-refractivity contribution in [2.45, 2.75) is 45.8 Å². The van der Waals surface area contributed by atoms with Gasteiger partial charge in [0, 0.05) is 11.3 Å². The highest BCUT2D eigenvalue weighted by Gasteiger charge is 2.25. The van der Waals surface area contributed by atoms with Gasteiger partial charge in [0.25, 0.3) is 0 Å². The Morgan fingerprint density at radius 1 is 1.25 bits per heavy atom. The van der Waals surface area contributed by atoms with E-state index < -0.39 is 23.1 Å². The maximum absolute atomic E-state index is 14.0. The van der Waals surface area contributed by atoms with Crippen molar-refractivity contribution in [3.05, 3.63) is 29.6 Å². The minimum atomic E-state index is -0.950. The molecule has 3 N–H and O–H groups in total. The Bertz CT molecular complexity index is 496. The molecule has 6 heteroatoms. The average Bonchev–Trinajstić information content (AvgIpc) is 2.25. The zero-order chi connectivity index (χ0) is 15.6. The van der Waals surface area contributed by atoms with Crippen LogP contribution < -0.4 is 11.2 Å². The van der Waals surface area contributed by atoms with Gasteiger partial charge in [-0.2, -0.15) is 0 Å². The molecular weight excluding hydrogens is 263 g/mol. The first-order valence-electron chi connectivity index (χ1n) is 6.23. The van der Waals surface area contributed by atoms with Gasteiger partial charge in [-0.3, -0.25) is 10.2 Å². The number of ether oxygens (including phenoxy) is 1. The van der Waals surface area contributed by atoms with Crippen molar-refractivity contribution in [3.8, 4) is 0 Å². The number of nitrogens with one attached hydrogen (secondary N) is 1. The first-order valence-corrected chi connectivity index (χ1v) is 6.23. The highest BCUT2D eigenvalue weighted by Crippen LogP contribution is 2.27. The van der Waals surface area contributed by atoms with Crippen LogP contribution in [0, 0.1) is 5.82 Å². The van der Waals surface area contributed by atoms with Crippen LogP contribution in [0.5, 0.6) is 0 Å². The Balaban J connectivity index is 2.86. The number of amides is 1. The van der Waals surface area contributed by atoms with Crippen molar-refractivity contribution >= 4 is 11.8 Å². The van der Waals surface area contributed by atoms with Crippen molar-refractivity contribution in [3.63, 3.8) is 0 Å². The maximum atomic E-state index is 14.0. The van der Waals surface area contributed by atoms with Crippen molar-refractivity contribution < 1.29 is 18.8 Å². The van der Waals surface area contributed by atoms with Crippen LogP contribution >= 0.6 is 0 Å². The zero-order valence-electron chi connectivity index (χ0n) is 12.4. The standard InChI is InChI=1S/C14H21FN2O3/c1-13(2,3)19-12(18)17-9-6-7-10(11(15)8-9)14(4,5)20-16/h6-8H,16H2,1-5H3,(H,17,18). The molecule has 112 valence electrons. The first kappa shape index (κ1) is 16.4. The summed E-state index contributed by atoms with van der Waals surface area (Å²) in [6.07, 6.45) is -0.640. The average molecular weight is 284 g/mol. The Labute approximate surface area is 118 Å². The lowest BCUT2D eigenvalue weighted by molar-refractivity contribution is -0.0260. The summed E-state index contributed by atoms with van der Waals surface area (Å²) in [6.45, 7) is 8.53. The number of carbonyl (C=O) groups is 1. The van der Waals surface area contributed by atoms with Crippen molar-refractivity contribution in [1.29, 1.82) is 0 Å². The number of anilines is 1. The number of nitrogens with two attached hydrogens (primary N) is 1. The molecule has 1 aromatic carbocycles. The summed E-state index contributed by atoms with van der Waals surface area (Å²) in [5.74, 6) is 4.62. The number of carbonyl (C=O) groups excluding carboxylic acids is 1. The second-order valence-corrected chi connectivity index (χ2v) is 5.95. The summed E-state index contributed by atoms with van der Waals surface area (Å²) in [6, 6.07) is 4.26. The molecule has 1 rings (SSSR count). The Morgan fingerprint density at radius 3 is 2.30 bits per heavy atom. The molecule has 20 heavy (non-hydrogen) atoms. The molecule has 1 aromatic rings. The van der Waals surface area contributed by atoms with Gasteiger partial charge in [-0.25, -0.2) is 15.1 Å². The second kappa shape index (κ2) is 5.76. The molecule has 1 amide bonds. The fraction of sp³-hybridized carbons (Fsp3) is 0.500. The quantitative estimate of drug-likeness (QED) is 0.835. The summed E-state index contributed by atoms with van der Waals surface area (Å²) in [5, 5.41) is 2.46. The van der Waals surface area contributed by atoms with Gasteiger partial charge in [0.15, 0.2) is 0 Å². The van der Waals surface area contributed by atoms with Crippen LogP contribution in [0.1, 0.15) is 40.2 Å². The molecule has 0 radical (unpaired) electrons. The number of hydrogen-bond acceptors (Lipinski definition) is 4. The Hall–Kier alpha value is -1.66. The van der Waals surface area contributed by atoms with E-state index >= 15 is 0 Å². The third-order valence-corrected chi connectivity index (χ3v) is 2.56. The number of benzene rings is 1. The fourth-order valence-corrected chi connectivity index (χ4v) is 1.57. The largest absolute Gasteiger partial charge is 0.444 e. The van der Waals surface area contributed by atoms with Crippen LogP contribution in [0.15, 0.2) is 18.2 Å². The van der Waals surface area contributed by atoms with Crippen molar-refractivity contribution in [2.24, 2.45) is 5.90 Å². The molecular formula is C14H21FN2O3. The van der Waals surface area contributed by atoms with Gasteiger partial charge in [0.05, 0.1) is 0 Å². The van der Waals surface area contributed by atoms with Gasteiger partial charge in [-0.1, -0.05) is 6.07 Å². The smallest absolute Gasteiger partial charge is 0.412 e. The fourth-order valence-electron chi connectivity index (χ4n) is 1.57. The predicted octanol–water partition coefficient (Wildman–Crippen LogP) is 3.30. The minimum absolute atomic E-state index is 0.299. The molecule has 0 saturated carbocycles. The maximum Gasteiger partial charge on any atom is 0.412 e. The molecule has 0 aliphatic carbocycles. The summed E-state index contributed by atoms with van der Waals surface area (Å²) < 4.78 is 19.1. The number of rotatable bonds is 3. The van der Waals surface area contributed by atoms with E-state index in [0.29, 0.717) is 11.3 Å². The van der Waals surface area contributed by atoms with E-state index in [1.54, 1.807) is 40.7 Å². The SMILES string of the molecule is CC(C)(C)OC(=O)Nc1ccc(C(C)(C)ON)c(F)c1. The Morgan fingerprint density at radius 2 is 1.85 bits per heavy atom. The summed E-state index contributed by atoms with van der Waals surface area (Å²) in [7, 11) is 0. The summed E-state index contributed by atoms with van der Waals surface area (Å²) in [4.78, 5) is 16.3. The van der Waals surface area contributed by atoms with Crippen LogP contribution in [-0.4, -0.2) is 11.7 Å². The summed E-state index contributed by atoms with van der Waals surface area (Å²) in [5.41, 5.74) is -0.963. The first-order chi connectivity index (χ1) is 9.05. The van der Waals surface area contributed by atoms with Gasteiger partial charge >= 0.3 is 6.09 Å². The normalized spacial score (nSPS) is 12.2. The highest BCUT2D eigenvalue weighted by molar-refractivity contribution is 5.84. The molecule has 0 bridgehead atoms. The van der Waals surface area contributed by atoms with Gasteiger partial charge in [0.1, 0.15) is 17.0 Å². The number of halogens is 1. The molecule has 0 aromatic heterocycles. The van der Waals surface area contributed by atoms with E-state index in [4.69, 9.17) is 15.5 Å². The minimum Gasteiger partial charge on any atom is -0.444 e. The molecule has 0 saturated heterocycles. The lowest BCUT2D eigenvalue weighted by atomic mass is 9.97. The van der Waals surface area contributed by atoms with Gasteiger partial charge < -0.3 is 4.74 Å². The van der Waals surface area contributed by atoms with E-state index in [0.717, 1.165) is 0 Å². The Kier molecular flexibility index (Phi) is 4.73. The van der Waals surface area contributed by atoms with E-state index in [1.165, 1.54) is 12.1 Å². The third-order valence-electron chi connectivity index (χ3n) is 2.56. The van der Waals surface area contributed by atoms with E-state index in [-0.39, 0.29) is 0 Å². The van der Waals surface area contributed by atoms with E-state index in [9.17, 15) is 9.18 Å². The molecule has 0 aliphatic heterocycles.